The average Bonchev–Trinajstić information content (AvgIpc) is 2.97. The summed E-state index contributed by atoms with van der Waals surface area (Å²) in [6, 6.07) is 12.7. The van der Waals surface area contributed by atoms with Crippen molar-refractivity contribution >= 4 is 17.1 Å². The van der Waals surface area contributed by atoms with Crippen molar-refractivity contribution in [3.63, 3.8) is 0 Å². The summed E-state index contributed by atoms with van der Waals surface area (Å²) in [5.74, 6) is 0.562. The number of hydrogen-bond donors (Lipinski definition) is 1. The third kappa shape index (κ3) is 1.53. The van der Waals surface area contributed by atoms with E-state index in [4.69, 9.17) is 5.73 Å². The molecule has 0 bridgehead atoms. The predicted octanol–water partition coefficient (Wildman–Crippen LogP) is 2.35. The number of benzene rings is 1. The van der Waals surface area contributed by atoms with Gasteiger partial charge in [0.1, 0.15) is 5.52 Å². The van der Waals surface area contributed by atoms with Crippen molar-refractivity contribution in [1.82, 2.24) is 14.5 Å². The maximum Gasteiger partial charge on any atom is 0.202 e. The summed E-state index contributed by atoms with van der Waals surface area (Å²) in [4.78, 5) is 8.83. The number of imidazole rings is 1. The SMILES string of the molecule is Nc1nc2cccnc2n1C1Cc2ccccc2C1. The van der Waals surface area contributed by atoms with E-state index in [0.717, 1.165) is 24.0 Å². The molecule has 0 radical (unpaired) electrons. The van der Waals surface area contributed by atoms with Crippen molar-refractivity contribution in [1.29, 1.82) is 0 Å². The molecular formula is C15H14N4. The second kappa shape index (κ2) is 3.82. The molecule has 0 spiro atoms. The molecule has 0 saturated heterocycles. The Bertz CT molecular complexity index is 735. The van der Waals surface area contributed by atoms with Crippen LogP contribution in [0.15, 0.2) is 42.6 Å². The lowest BCUT2D eigenvalue weighted by Gasteiger charge is -2.13. The van der Waals surface area contributed by atoms with Gasteiger partial charge in [0.25, 0.3) is 0 Å². The quantitative estimate of drug-likeness (QED) is 0.721. The van der Waals surface area contributed by atoms with Gasteiger partial charge < -0.3 is 5.73 Å². The summed E-state index contributed by atoms with van der Waals surface area (Å²) < 4.78 is 2.08. The fourth-order valence-corrected chi connectivity index (χ4v) is 3.03. The van der Waals surface area contributed by atoms with Crippen LogP contribution in [0.3, 0.4) is 0 Å². The number of pyridine rings is 1. The van der Waals surface area contributed by atoms with Crippen LogP contribution in [-0.4, -0.2) is 14.5 Å². The molecule has 0 amide bonds. The van der Waals surface area contributed by atoms with Crippen molar-refractivity contribution in [2.75, 3.05) is 5.73 Å². The van der Waals surface area contributed by atoms with E-state index in [0.29, 0.717) is 12.0 Å². The topological polar surface area (TPSA) is 56.7 Å². The van der Waals surface area contributed by atoms with Gasteiger partial charge >= 0.3 is 0 Å². The molecule has 0 fully saturated rings. The van der Waals surface area contributed by atoms with Crippen LogP contribution in [0.1, 0.15) is 17.2 Å². The van der Waals surface area contributed by atoms with Gasteiger partial charge in [0, 0.05) is 12.2 Å². The van der Waals surface area contributed by atoms with Crippen molar-refractivity contribution in [3.05, 3.63) is 53.7 Å². The third-order valence-corrected chi connectivity index (χ3v) is 3.87. The van der Waals surface area contributed by atoms with Gasteiger partial charge in [-0.15, -0.1) is 0 Å². The Balaban J connectivity index is 1.83. The number of aromatic nitrogens is 3. The van der Waals surface area contributed by atoms with Crippen molar-refractivity contribution in [2.24, 2.45) is 0 Å². The lowest BCUT2D eigenvalue weighted by molar-refractivity contribution is 0.547. The predicted molar refractivity (Wildman–Crippen MR) is 74.8 cm³/mol. The minimum Gasteiger partial charge on any atom is -0.369 e. The Morgan fingerprint density at radius 1 is 1.05 bits per heavy atom. The molecule has 0 aliphatic heterocycles. The molecule has 2 aromatic heterocycles. The fourth-order valence-electron chi connectivity index (χ4n) is 3.03. The van der Waals surface area contributed by atoms with E-state index in [1.165, 1.54) is 11.1 Å². The minimum absolute atomic E-state index is 0.331. The summed E-state index contributed by atoms with van der Waals surface area (Å²) >= 11 is 0. The zero-order valence-corrected chi connectivity index (χ0v) is 10.5. The molecule has 2 heterocycles. The first kappa shape index (κ1) is 10.6. The highest BCUT2D eigenvalue weighted by atomic mass is 15.2. The summed E-state index contributed by atoms with van der Waals surface area (Å²) in [6.07, 6.45) is 3.80. The molecule has 4 rings (SSSR count). The van der Waals surface area contributed by atoms with E-state index in [9.17, 15) is 0 Å². The van der Waals surface area contributed by atoms with Gasteiger partial charge in [-0.2, -0.15) is 0 Å². The minimum atomic E-state index is 0.331. The molecule has 1 aliphatic carbocycles. The maximum atomic E-state index is 6.08. The van der Waals surface area contributed by atoms with Gasteiger partial charge in [-0.05, 0) is 36.1 Å². The first-order valence-electron chi connectivity index (χ1n) is 6.48. The Kier molecular flexibility index (Phi) is 2.12. The first-order valence-corrected chi connectivity index (χ1v) is 6.48. The first-order chi connectivity index (χ1) is 9.33. The van der Waals surface area contributed by atoms with E-state index in [1.54, 1.807) is 6.20 Å². The van der Waals surface area contributed by atoms with Crippen LogP contribution in [0, 0.1) is 0 Å². The van der Waals surface area contributed by atoms with Crippen molar-refractivity contribution in [2.45, 2.75) is 18.9 Å². The second-order valence-electron chi connectivity index (χ2n) is 5.02. The lowest BCUT2D eigenvalue weighted by Crippen LogP contribution is -2.12. The molecule has 4 nitrogen and oxygen atoms in total. The normalized spacial score (nSPS) is 14.9. The molecule has 1 aromatic carbocycles. The number of nitrogens with two attached hydrogens (primary N) is 1. The van der Waals surface area contributed by atoms with Gasteiger partial charge in [-0.25, -0.2) is 9.97 Å². The van der Waals surface area contributed by atoms with Crippen molar-refractivity contribution in [3.8, 4) is 0 Å². The van der Waals surface area contributed by atoms with Gasteiger partial charge in [-0.1, -0.05) is 24.3 Å². The molecule has 0 atom stereocenters. The van der Waals surface area contributed by atoms with Crippen LogP contribution in [0.4, 0.5) is 5.95 Å². The van der Waals surface area contributed by atoms with E-state index in [-0.39, 0.29) is 0 Å². The van der Waals surface area contributed by atoms with E-state index in [2.05, 4.69) is 38.8 Å². The zero-order chi connectivity index (χ0) is 12.8. The van der Waals surface area contributed by atoms with Crippen LogP contribution in [0.25, 0.3) is 11.2 Å². The smallest absolute Gasteiger partial charge is 0.202 e. The Morgan fingerprint density at radius 2 is 1.79 bits per heavy atom. The number of hydrogen-bond acceptors (Lipinski definition) is 3. The van der Waals surface area contributed by atoms with Crippen LogP contribution in [0.5, 0.6) is 0 Å². The Labute approximate surface area is 110 Å². The van der Waals surface area contributed by atoms with Gasteiger partial charge in [-0.3, -0.25) is 4.57 Å². The van der Waals surface area contributed by atoms with E-state index < -0.39 is 0 Å². The van der Waals surface area contributed by atoms with Crippen LogP contribution >= 0.6 is 0 Å². The van der Waals surface area contributed by atoms with Gasteiger partial charge in [0.2, 0.25) is 5.95 Å². The average molecular weight is 250 g/mol. The highest BCUT2D eigenvalue weighted by molar-refractivity contribution is 5.74. The molecular weight excluding hydrogens is 236 g/mol. The second-order valence-corrected chi connectivity index (χ2v) is 5.02. The van der Waals surface area contributed by atoms with Crippen LogP contribution in [-0.2, 0) is 12.8 Å². The maximum absolute atomic E-state index is 6.08. The molecule has 0 saturated carbocycles. The fraction of sp³-hybridized carbons (Fsp3) is 0.200. The van der Waals surface area contributed by atoms with E-state index >= 15 is 0 Å². The number of rotatable bonds is 1. The van der Waals surface area contributed by atoms with Crippen molar-refractivity contribution < 1.29 is 0 Å². The molecule has 2 N–H and O–H groups in total. The standard InChI is InChI=1S/C15H14N4/c16-15-18-13-6-3-7-17-14(13)19(15)12-8-10-4-1-2-5-11(10)9-12/h1-7,12H,8-9H2,(H2,16,18). The van der Waals surface area contributed by atoms with Crippen LogP contribution < -0.4 is 5.73 Å². The molecule has 3 aromatic rings. The van der Waals surface area contributed by atoms with Crippen LogP contribution in [0.2, 0.25) is 0 Å². The third-order valence-electron chi connectivity index (χ3n) is 3.87. The summed E-state index contributed by atoms with van der Waals surface area (Å²) in [7, 11) is 0. The zero-order valence-electron chi connectivity index (χ0n) is 10.5. The number of fused-ring (bicyclic) bond motifs is 2. The molecule has 94 valence electrons. The Hall–Kier alpha value is -2.36. The monoisotopic (exact) mass is 250 g/mol. The summed E-state index contributed by atoms with van der Waals surface area (Å²) in [5.41, 5.74) is 10.7. The molecule has 19 heavy (non-hydrogen) atoms. The molecule has 1 aliphatic rings. The molecule has 0 unspecified atom stereocenters. The molecule has 4 heteroatoms. The van der Waals surface area contributed by atoms with E-state index in [1.807, 2.05) is 12.1 Å². The van der Waals surface area contributed by atoms with Gasteiger partial charge in [0.05, 0.1) is 0 Å². The lowest BCUT2D eigenvalue weighted by atomic mass is 10.1. The highest BCUT2D eigenvalue weighted by Crippen LogP contribution is 2.33. The summed E-state index contributed by atoms with van der Waals surface area (Å²) in [6.45, 7) is 0. The Morgan fingerprint density at radius 3 is 2.53 bits per heavy atom. The summed E-state index contributed by atoms with van der Waals surface area (Å²) in [5, 5.41) is 0. The van der Waals surface area contributed by atoms with Gasteiger partial charge in [0.15, 0.2) is 5.65 Å². The largest absolute Gasteiger partial charge is 0.369 e. The number of nitrogen functional groups attached to an aromatic ring is 1. The number of nitrogens with zero attached hydrogens (tertiary/aromatic N) is 3. The highest BCUT2D eigenvalue weighted by Gasteiger charge is 2.25. The number of anilines is 1.